The fraction of sp³-hybridized carbons (Fsp3) is 0.241. The number of para-hydroxylation sites is 1. The van der Waals surface area contributed by atoms with Gasteiger partial charge < -0.3 is 30.5 Å². The zero-order chi connectivity index (χ0) is 26.8. The number of carbonyl (C=O) groups excluding carboxylic acids is 2. The van der Waals surface area contributed by atoms with Gasteiger partial charge in [0.2, 0.25) is 0 Å². The highest BCUT2D eigenvalue weighted by atomic mass is 35.5. The van der Waals surface area contributed by atoms with E-state index in [1.165, 1.54) is 12.1 Å². The van der Waals surface area contributed by atoms with Gasteiger partial charge >= 0.3 is 0 Å². The van der Waals surface area contributed by atoms with Crippen molar-refractivity contribution in [2.45, 2.75) is 25.3 Å². The molecule has 1 atom stereocenters. The maximum Gasteiger partial charge on any atom is 0.255 e. The Morgan fingerprint density at radius 1 is 1.00 bits per heavy atom. The number of aliphatic hydroxyl groups is 1. The molecule has 0 unspecified atom stereocenters. The predicted octanol–water partition coefficient (Wildman–Crippen LogP) is 4.47. The number of aliphatic hydroxyl groups excluding tert-OH is 1. The largest absolute Gasteiger partial charge is 0.504 e. The van der Waals surface area contributed by atoms with Crippen molar-refractivity contribution in [2.24, 2.45) is 0 Å². The van der Waals surface area contributed by atoms with Gasteiger partial charge in [-0.15, -0.1) is 0 Å². The van der Waals surface area contributed by atoms with Crippen molar-refractivity contribution in [1.29, 1.82) is 0 Å². The van der Waals surface area contributed by atoms with Crippen LogP contribution >= 0.6 is 11.6 Å². The Labute approximate surface area is 224 Å². The van der Waals surface area contributed by atoms with Crippen molar-refractivity contribution in [3.05, 3.63) is 82.5 Å². The lowest BCUT2D eigenvalue weighted by atomic mass is 9.99. The molecular weight excluding hydrogens is 506 g/mol. The van der Waals surface area contributed by atoms with Gasteiger partial charge in [-0.3, -0.25) is 9.59 Å². The average molecular weight is 534 g/mol. The van der Waals surface area contributed by atoms with Gasteiger partial charge in [-0.1, -0.05) is 35.9 Å². The number of hydrogen-bond donors (Lipinski definition) is 5. The average Bonchev–Trinajstić information content (AvgIpc) is 3.60. The molecule has 5 N–H and O–H groups in total. The molecule has 2 heterocycles. The van der Waals surface area contributed by atoms with E-state index in [4.69, 9.17) is 11.6 Å². The lowest BCUT2D eigenvalue weighted by Gasteiger charge is -2.18. The quantitative estimate of drug-likeness (QED) is 0.224. The number of phenols is 2. The second-order valence-corrected chi connectivity index (χ2v) is 9.91. The molecule has 0 bridgehead atoms. The summed E-state index contributed by atoms with van der Waals surface area (Å²) in [6.07, 6.45) is 4.14. The first-order valence-corrected chi connectivity index (χ1v) is 12.9. The summed E-state index contributed by atoms with van der Waals surface area (Å²) < 4.78 is 0. The summed E-state index contributed by atoms with van der Waals surface area (Å²) >= 11 is 6.45. The first kappa shape index (κ1) is 25.6. The number of halogens is 1. The summed E-state index contributed by atoms with van der Waals surface area (Å²) in [5.41, 5.74) is 3.12. The lowest BCUT2D eigenvalue weighted by Crippen LogP contribution is -2.39. The highest BCUT2D eigenvalue weighted by Crippen LogP contribution is 2.36. The molecule has 1 saturated heterocycles. The maximum atomic E-state index is 13.1. The minimum absolute atomic E-state index is 0.127. The Morgan fingerprint density at radius 3 is 2.50 bits per heavy atom. The van der Waals surface area contributed by atoms with Crippen LogP contribution < -0.4 is 5.32 Å². The molecule has 38 heavy (non-hydrogen) atoms. The number of nitrogens with zero attached hydrogens (tertiary/aromatic N) is 1. The highest BCUT2D eigenvalue weighted by molar-refractivity contribution is 6.34. The molecule has 1 aliphatic rings. The number of aromatic hydroxyl groups is 2. The molecule has 8 nitrogen and oxygen atoms in total. The van der Waals surface area contributed by atoms with Gasteiger partial charge in [0, 0.05) is 30.2 Å². The van der Waals surface area contributed by atoms with Gasteiger partial charge in [0.25, 0.3) is 11.8 Å². The molecule has 3 aromatic carbocycles. The molecule has 196 valence electrons. The van der Waals surface area contributed by atoms with Gasteiger partial charge in [0.05, 0.1) is 28.8 Å². The van der Waals surface area contributed by atoms with Gasteiger partial charge in [-0.05, 0) is 66.3 Å². The summed E-state index contributed by atoms with van der Waals surface area (Å²) in [5.74, 6) is -1.82. The van der Waals surface area contributed by atoms with Crippen LogP contribution in [0.4, 0.5) is 0 Å². The molecule has 1 aromatic heterocycles. The molecule has 2 amide bonds. The van der Waals surface area contributed by atoms with E-state index in [1.807, 2.05) is 30.5 Å². The van der Waals surface area contributed by atoms with Gasteiger partial charge in [-0.2, -0.15) is 0 Å². The van der Waals surface area contributed by atoms with Crippen LogP contribution in [-0.4, -0.2) is 62.8 Å². The van der Waals surface area contributed by atoms with Crippen LogP contribution in [-0.2, 0) is 6.42 Å². The van der Waals surface area contributed by atoms with Crippen molar-refractivity contribution in [1.82, 2.24) is 15.2 Å². The van der Waals surface area contributed by atoms with Gasteiger partial charge in [0.1, 0.15) is 0 Å². The number of H-pyrrole nitrogens is 1. The number of carbonyl (C=O) groups is 2. The van der Waals surface area contributed by atoms with E-state index < -0.39 is 23.4 Å². The minimum Gasteiger partial charge on any atom is -0.504 e. The van der Waals surface area contributed by atoms with Crippen molar-refractivity contribution in [2.75, 3.05) is 19.7 Å². The number of nitrogens with one attached hydrogen (secondary N) is 2. The van der Waals surface area contributed by atoms with Crippen LogP contribution in [0, 0.1) is 0 Å². The molecule has 0 aliphatic carbocycles. The highest BCUT2D eigenvalue weighted by Gasteiger charge is 2.23. The molecule has 5 rings (SSSR count). The molecule has 1 aliphatic heterocycles. The predicted molar refractivity (Wildman–Crippen MR) is 146 cm³/mol. The third-order valence-electron chi connectivity index (χ3n) is 6.96. The van der Waals surface area contributed by atoms with Crippen molar-refractivity contribution in [3.8, 4) is 22.6 Å². The van der Waals surface area contributed by atoms with Crippen LogP contribution in [0.25, 0.3) is 22.0 Å². The third kappa shape index (κ3) is 5.05. The zero-order valence-electron chi connectivity index (χ0n) is 20.6. The van der Waals surface area contributed by atoms with E-state index in [1.54, 1.807) is 23.1 Å². The van der Waals surface area contributed by atoms with E-state index in [-0.39, 0.29) is 23.1 Å². The molecule has 1 fully saturated rings. The monoisotopic (exact) mass is 533 g/mol. The van der Waals surface area contributed by atoms with E-state index in [9.17, 15) is 24.9 Å². The SMILES string of the molecule is O=C(N[C@@H](CO)Cc1c[nH]c2ccccc12)c1cc(-c2ccc(C(=O)N3CCCC3)c(Cl)c2)cc(O)c1O. The number of phenolic OH excluding ortho intramolecular Hbond substituents is 2. The number of aromatic nitrogens is 1. The van der Waals surface area contributed by atoms with E-state index >= 15 is 0 Å². The Kier molecular flexibility index (Phi) is 7.26. The van der Waals surface area contributed by atoms with Gasteiger partial charge in [0.15, 0.2) is 11.5 Å². The number of hydrogen-bond acceptors (Lipinski definition) is 5. The lowest BCUT2D eigenvalue weighted by molar-refractivity contribution is 0.0792. The van der Waals surface area contributed by atoms with Crippen LogP contribution in [0.3, 0.4) is 0 Å². The fourth-order valence-electron chi connectivity index (χ4n) is 4.91. The van der Waals surface area contributed by atoms with Crippen molar-refractivity contribution >= 4 is 34.3 Å². The number of fused-ring (bicyclic) bond motifs is 1. The summed E-state index contributed by atoms with van der Waals surface area (Å²) in [5, 5.41) is 34.8. The number of likely N-dealkylation sites (tertiary alicyclic amines) is 1. The van der Waals surface area contributed by atoms with Crippen LogP contribution in [0.15, 0.2) is 60.8 Å². The number of amides is 2. The molecule has 0 saturated carbocycles. The summed E-state index contributed by atoms with van der Waals surface area (Å²) in [6, 6.07) is 14.8. The Balaban J connectivity index is 1.37. The van der Waals surface area contributed by atoms with E-state index in [0.29, 0.717) is 36.2 Å². The summed E-state index contributed by atoms with van der Waals surface area (Å²) in [4.78, 5) is 30.9. The summed E-state index contributed by atoms with van der Waals surface area (Å²) in [7, 11) is 0. The Hall–Kier alpha value is -4.01. The molecule has 4 aromatic rings. The minimum atomic E-state index is -0.648. The Bertz CT molecular complexity index is 1510. The van der Waals surface area contributed by atoms with Crippen LogP contribution in [0.1, 0.15) is 39.1 Å². The van der Waals surface area contributed by atoms with Crippen molar-refractivity contribution in [3.63, 3.8) is 0 Å². The number of benzene rings is 3. The van der Waals surface area contributed by atoms with E-state index in [0.717, 1.165) is 29.3 Å². The second-order valence-electron chi connectivity index (χ2n) is 9.50. The second kappa shape index (κ2) is 10.8. The first-order valence-electron chi connectivity index (χ1n) is 12.5. The normalized spacial score (nSPS) is 14.1. The number of rotatable bonds is 7. The van der Waals surface area contributed by atoms with Crippen molar-refractivity contribution < 1.29 is 24.9 Å². The zero-order valence-corrected chi connectivity index (χ0v) is 21.3. The smallest absolute Gasteiger partial charge is 0.255 e. The van der Waals surface area contributed by atoms with Crippen LogP contribution in [0.5, 0.6) is 11.5 Å². The maximum absolute atomic E-state index is 13.1. The summed E-state index contributed by atoms with van der Waals surface area (Å²) in [6.45, 7) is 1.09. The first-order chi connectivity index (χ1) is 18.4. The van der Waals surface area contributed by atoms with Gasteiger partial charge in [-0.25, -0.2) is 0 Å². The standard InChI is InChI=1S/C29H28ClN3O5/c30-24-13-17(7-8-22(24)29(38)33-9-3-4-10-33)18-12-23(27(36)26(35)14-18)28(37)32-20(16-34)11-19-15-31-25-6-2-1-5-21(19)25/h1-2,5-8,12-15,20,31,34-36H,3-4,9-11,16H2,(H,32,37)/t20-/m1/s1. The van der Waals surface area contributed by atoms with E-state index in [2.05, 4.69) is 10.3 Å². The molecule has 0 radical (unpaired) electrons. The topological polar surface area (TPSA) is 126 Å². The van der Waals surface area contributed by atoms with Crippen LogP contribution in [0.2, 0.25) is 5.02 Å². The Morgan fingerprint density at radius 2 is 1.76 bits per heavy atom. The fourth-order valence-corrected chi connectivity index (χ4v) is 5.17. The number of aromatic amines is 1. The third-order valence-corrected chi connectivity index (χ3v) is 7.27. The molecule has 0 spiro atoms. The molecular formula is C29H28ClN3O5. The molecule has 9 heteroatoms.